The highest BCUT2D eigenvalue weighted by atomic mass is 79.9. The molecule has 0 aliphatic rings. The molecule has 1 aromatic rings. The molecule has 0 aromatic carbocycles. The minimum Gasteiger partial charge on any atom is -0.366 e. The average Bonchev–Trinajstić information content (AvgIpc) is 2.15. The number of nitrogens with zero attached hydrogens (tertiary/aromatic N) is 1. The van der Waals surface area contributed by atoms with Gasteiger partial charge in [0.25, 0.3) is 0 Å². The van der Waals surface area contributed by atoms with Crippen LogP contribution in [-0.2, 0) is 6.54 Å². The van der Waals surface area contributed by atoms with E-state index in [-0.39, 0.29) is 22.9 Å². The second-order valence-corrected chi connectivity index (χ2v) is 3.87. The lowest BCUT2D eigenvalue weighted by molar-refractivity contribution is -0.698. The number of carbonyl (C=O) groups is 1. The Hall–Kier alpha value is -0.900. The number of rotatable bonds is 4. The summed E-state index contributed by atoms with van der Waals surface area (Å²) in [7, 11) is 0. The van der Waals surface area contributed by atoms with Crippen LogP contribution in [0.5, 0.6) is 0 Å². The van der Waals surface area contributed by atoms with Gasteiger partial charge in [0, 0.05) is 18.6 Å². The van der Waals surface area contributed by atoms with Crippen LogP contribution in [0.25, 0.3) is 0 Å². The molecule has 0 radical (unpaired) electrons. The van der Waals surface area contributed by atoms with Crippen LogP contribution in [0.2, 0.25) is 0 Å². The summed E-state index contributed by atoms with van der Waals surface area (Å²) in [6, 6.07) is 3.51. The normalized spacial score (nSPS) is 9.80. The van der Waals surface area contributed by atoms with E-state index in [2.05, 4.69) is 18.4 Å². The maximum absolute atomic E-state index is 10.8. The summed E-state index contributed by atoms with van der Waals surface area (Å²) >= 11 is 0. The zero-order chi connectivity index (χ0) is 10.6. The average molecular weight is 274 g/mol. The van der Waals surface area contributed by atoms with Crippen LogP contribution in [-0.4, -0.2) is 5.91 Å². The Kier molecular flexibility index (Phi) is 6.17. The molecule has 0 saturated heterocycles. The minimum absolute atomic E-state index is 0. The van der Waals surface area contributed by atoms with Crippen molar-refractivity contribution in [3.63, 3.8) is 0 Å². The number of pyridine rings is 1. The molecule has 2 N–H and O–H groups in total. The molecule has 0 spiro atoms. The van der Waals surface area contributed by atoms with Crippen LogP contribution in [0.3, 0.4) is 0 Å². The molecule has 4 heteroatoms. The van der Waals surface area contributed by atoms with Gasteiger partial charge < -0.3 is 5.73 Å². The molecule has 0 aliphatic carbocycles. The molecule has 0 bridgehead atoms. The van der Waals surface area contributed by atoms with E-state index in [1.54, 1.807) is 12.1 Å². The van der Waals surface area contributed by atoms with Crippen LogP contribution in [0.15, 0.2) is 24.5 Å². The highest BCUT2D eigenvalue weighted by molar-refractivity contribution is 8.93. The molecule has 0 aliphatic heterocycles. The zero-order valence-corrected chi connectivity index (χ0v) is 10.9. The van der Waals surface area contributed by atoms with Crippen LogP contribution < -0.4 is 10.3 Å². The molecule has 0 unspecified atom stereocenters. The molecule has 3 nitrogen and oxygen atoms in total. The quantitative estimate of drug-likeness (QED) is 0.834. The Morgan fingerprint density at radius 3 is 2.33 bits per heavy atom. The molecular formula is C11H18BrN2O+. The predicted molar refractivity (Wildman–Crippen MR) is 64.9 cm³/mol. The minimum atomic E-state index is -0.374. The van der Waals surface area contributed by atoms with Gasteiger partial charge in [-0.25, -0.2) is 4.57 Å². The third kappa shape index (κ3) is 4.93. The van der Waals surface area contributed by atoms with Crippen LogP contribution >= 0.6 is 17.0 Å². The number of hydrogen-bond donors (Lipinski definition) is 1. The fraction of sp³-hybridized carbons (Fsp3) is 0.455. The highest BCUT2D eigenvalue weighted by Gasteiger charge is 2.05. The number of hydrogen-bond acceptors (Lipinski definition) is 1. The molecule has 1 rings (SSSR count). The van der Waals surface area contributed by atoms with Gasteiger partial charge in [0.2, 0.25) is 5.91 Å². The van der Waals surface area contributed by atoms with E-state index in [0.717, 1.165) is 13.0 Å². The number of amides is 1. The van der Waals surface area contributed by atoms with Gasteiger partial charge in [0.05, 0.1) is 5.56 Å². The Morgan fingerprint density at radius 1 is 1.40 bits per heavy atom. The predicted octanol–water partition coefficient (Wildman–Crippen LogP) is 1.70. The SMILES string of the molecule is Br.CC(C)CC[n+]1ccc(C(N)=O)cc1. The molecular weight excluding hydrogens is 256 g/mol. The number of aryl methyl sites for hydroxylation is 1. The van der Waals surface area contributed by atoms with E-state index in [4.69, 9.17) is 5.73 Å². The summed E-state index contributed by atoms with van der Waals surface area (Å²) in [5, 5.41) is 0. The van der Waals surface area contributed by atoms with Crippen molar-refractivity contribution in [2.24, 2.45) is 11.7 Å². The molecule has 1 amide bonds. The van der Waals surface area contributed by atoms with Gasteiger partial charge in [-0.2, -0.15) is 0 Å². The van der Waals surface area contributed by atoms with Crippen molar-refractivity contribution in [2.45, 2.75) is 26.8 Å². The third-order valence-corrected chi connectivity index (χ3v) is 2.14. The van der Waals surface area contributed by atoms with Crippen molar-refractivity contribution >= 4 is 22.9 Å². The maximum Gasteiger partial charge on any atom is 0.249 e. The van der Waals surface area contributed by atoms with Crippen LogP contribution in [0, 0.1) is 5.92 Å². The number of nitrogens with two attached hydrogens (primary N) is 1. The molecule has 0 saturated carbocycles. The molecule has 1 heterocycles. The van der Waals surface area contributed by atoms with Crippen molar-refractivity contribution in [3.8, 4) is 0 Å². The van der Waals surface area contributed by atoms with Crippen molar-refractivity contribution in [3.05, 3.63) is 30.1 Å². The molecule has 0 atom stereocenters. The first-order valence-electron chi connectivity index (χ1n) is 4.88. The number of halogens is 1. The lowest BCUT2D eigenvalue weighted by atomic mass is 10.1. The summed E-state index contributed by atoms with van der Waals surface area (Å²) < 4.78 is 2.06. The highest BCUT2D eigenvalue weighted by Crippen LogP contribution is 1.98. The molecule has 0 fully saturated rings. The van der Waals surface area contributed by atoms with E-state index in [0.29, 0.717) is 11.5 Å². The van der Waals surface area contributed by atoms with E-state index in [9.17, 15) is 4.79 Å². The smallest absolute Gasteiger partial charge is 0.249 e. The van der Waals surface area contributed by atoms with Gasteiger partial charge in [-0.1, -0.05) is 13.8 Å². The van der Waals surface area contributed by atoms with E-state index in [1.807, 2.05) is 12.4 Å². The lowest BCUT2D eigenvalue weighted by Gasteiger charge is -2.00. The molecule has 1 aromatic heterocycles. The fourth-order valence-corrected chi connectivity index (χ4v) is 1.18. The summed E-state index contributed by atoms with van der Waals surface area (Å²) in [6.07, 6.45) is 4.92. The van der Waals surface area contributed by atoms with Gasteiger partial charge in [0.15, 0.2) is 12.4 Å². The molecule has 15 heavy (non-hydrogen) atoms. The second-order valence-electron chi connectivity index (χ2n) is 3.87. The first kappa shape index (κ1) is 14.1. The summed E-state index contributed by atoms with van der Waals surface area (Å²) in [4.78, 5) is 10.8. The summed E-state index contributed by atoms with van der Waals surface area (Å²) in [5.41, 5.74) is 5.70. The van der Waals surface area contributed by atoms with E-state index in [1.165, 1.54) is 0 Å². The van der Waals surface area contributed by atoms with Crippen molar-refractivity contribution < 1.29 is 9.36 Å². The molecule has 84 valence electrons. The lowest BCUT2D eigenvalue weighted by Crippen LogP contribution is -2.33. The first-order valence-corrected chi connectivity index (χ1v) is 4.88. The van der Waals surface area contributed by atoms with Gasteiger partial charge in [-0.05, 0) is 5.92 Å². The van der Waals surface area contributed by atoms with Crippen molar-refractivity contribution in [1.29, 1.82) is 0 Å². The van der Waals surface area contributed by atoms with Gasteiger partial charge in [0.1, 0.15) is 6.54 Å². The summed E-state index contributed by atoms with van der Waals surface area (Å²) in [6.45, 7) is 5.37. The number of carbonyl (C=O) groups excluding carboxylic acids is 1. The van der Waals surface area contributed by atoms with Crippen molar-refractivity contribution in [2.75, 3.05) is 0 Å². The summed E-state index contributed by atoms with van der Waals surface area (Å²) in [5.74, 6) is 0.319. The number of aromatic nitrogens is 1. The zero-order valence-electron chi connectivity index (χ0n) is 9.14. The Bertz CT molecular complexity index is 309. The van der Waals surface area contributed by atoms with Gasteiger partial charge in [-0.15, -0.1) is 17.0 Å². The Labute approximate surface area is 101 Å². The van der Waals surface area contributed by atoms with Crippen LogP contribution in [0.4, 0.5) is 0 Å². The Balaban J connectivity index is 0.00000196. The van der Waals surface area contributed by atoms with Crippen LogP contribution in [0.1, 0.15) is 30.6 Å². The van der Waals surface area contributed by atoms with Gasteiger partial charge >= 0.3 is 0 Å². The fourth-order valence-electron chi connectivity index (χ4n) is 1.18. The number of primary amides is 1. The topological polar surface area (TPSA) is 47.0 Å². The standard InChI is InChI=1S/C11H16N2O.BrH/c1-9(2)3-6-13-7-4-10(5-8-13)11(12)14;/h4-5,7-9H,3,6H2,1-2H3,(H-,12,14);1H/p+1. The Morgan fingerprint density at radius 2 is 1.93 bits per heavy atom. The second kappa shape index (κ2) is 6.56. The maximum atomic E-state index is 10.8. The van der Waals surface area contributed by atoms with E-state index < -0.39 is 0 Å². The first-order chi connectivity index (χ1) is 6.59. The van der Waals surface area contributed by atoms with Crippen molar-refractivity contribution in [1.82, 2.24) is 0 Å². The monoisotopic (exact) mass is 273 g/mol. The third-order valence-electron chi connectivity index (χ3n) is 2.14. The van der Waals surface area contributed by atoms with E-state index >= 15 is 0 Å². The largest absolute Gasteiger partial charge is 0.366 e. The van der Waals surface area contributed by atoms with Gasteiger partial charge in [-0.3, -0.25) is 4.79 Å².